The minimum absolute atomic E-state index is 0.914. The summed E-state index contributed by atoms with van der Waals surface area (Å²) in [5.74, 6) is 0.970. The van der Waals surface area contributed by atoms with E-state index in [2.05, 4.69) is 49.4 Å². The van der Waals surface area contributed by atoms with E-state index in [0.717, 1.165) is 49.2 Å². The molecule has 6 heteroatoms. The lowest BCUT2D eigenvalue weighted by Gasteiger charge is -2.34. The number of hydrogen-bond donors (Lipinski definition) is 0. The third-order valence-electron chi connectivity index (χ3n) is 4.20. The molecule has 1 aliphatic heterocycles. The van der Waals surface area contributed by atoms with Crippen LogP contribution in [-0.2, 0) is 6.54 Å². The van der Waals surface area contributed by atoms with Crippen LogP contribution in [0.3, 0.4) is 0 Å². The second kappa shape index (κ2) is 7.07. The van der Waals surface area contributed by atoms with Gasteiger partial charge in [0, 0.05) is 56.1 Å². The van der Waals surface area contributed by atoms with Crippen molar-refractivity contribution in [2.75, 3.05) is 31.1 Å². The Hall–Kier alpha value is -2.31. The smallest absolute Gasteiger partial charge is 0.147 e. The van der Waals surface area contributed by atoms with Crippen molar-refractivity contribution >= 4 is 17.2 Å². The Morgan fingerprint density at radius 3 is 2.58 bits per heavy atom. The fraction of sp³-hybridized carbons (Fsp3) is 0.278. The molecule has 5 nitrogen and oxygen atoms in total. The fourth-order valence-corrected chi connectivity index (χ4v) is 3.73. The summed E-state index contributed by atoms with van der Waals surface area (Å²) in [4.78, 5) is 18.1. The van der Waals surface area contributed by atoms with E-state index in [1.54, 1.807) is 23.7 Å². The van der Waals surface area contributed by atoms with Crippen molar-refractivity contribution in [2.24, 2.45) is 0 Å². The second-order valence-electron chi connectivity index (χ2n) is 5.84. The Kier molecular flexibility index (Phi) is 4.49. The van der Waals surface area contributed by atoms with Crippen LogP contribution in [0.2, 0.25) is 0 Å². The average Bonchev–Trinajstić information content (AvgIpc) is 3.12. The number of hydrogen-bond acceptors (Lipinski definition) is 6. The van der Waals surface area contributed by atoms with Crippen molar-refractivity contribution < 1.29 is 0 Å². The molecule has 0 N–H and O–H groups in total. The van der Waals surface area contributed by atoms with Gasteiger partial charge in [0.2, 0.25) is 0 Å². The summed E-state index contributed by atoms with van der Waals surface area (Å²) in [6.45, 7) is 4.92. The largest absolute Gasteiger partial charge is 0.353 e. The van der Waals surface area contributed by atoms with Gasteiger partial charge in [-0.05, 0) is 0 Å². The first-order valence-corrected chi connectivity index (χ1v) is 8.99. The second-order valence-corrected chi connectivity index (χ2v) is 6.69. The zero-order valence-electron chi connectivity index (χ0n) is 13.4. The van der Waals surface area contributed by atoms with E-state index < -0.39 is 0 Å². The molecule has 0 unspecified atom stereocenters. The summed E-state index contributed by atoms with van der Waals surface area (Å²) in [6.07, 6.45) is 5.30. The summed E-state index contributed by atoms with van der Waals surface area (Å²) < 4.78 is 0. The first kappa shape index (κ1) is 15.2. The Morgan fingerprint density at radius 1 is 1.00 bits per heavy atom. The Balaban J connectivity index is 1.35. The highest BCUT2D eigenvalue weighted by Gasteiger charge is 2.19. The van der Waals surface area contributed by atoms with Crippen LogP contribution in [0.15, 0.2) is 54.3 Å². The van der Waals surface area contributed by atoms with Crippen molar-refractivity contribution in [3.63, 3.8) is 0 Å². The number of benzene rings is 1. The summed E-state index contributed by atoms with van der Waals surface area (Å²) in [5, 5.41) is 3.28. The van der Waals surface area contributed by atoms with E-state index in [-0.39, 0.29) is 0 Å². The topological polar surface area (TPSA) is 45.2 Å². The molecule has 3 aromatic rings. The molecule has 3 heterocycles. The number of aromatic nitrogens is 3. The fourth-order valence-electron chi connectivity index (χ4n) is 2.91. The molecule has 0 saturated carbocycles. The van der Waals surface area contributed by atoms with Gasteiger partial charge < -0.3 is 4.90 Å². The number of anilines is 1. The highest BCUT2D eigenvalue weighted by Crippen LogP contribution is 2.24. The van der Waals surface area contributed by atoms with Crippen LogP contribution in [0.25, 0.3) is 10.6 Å². The van der Waals surface area contributed by atoms with Crippen molar-refractivity contribution in [3.05, 3.63) is 60.0 Å². The highest BCUT2D eigenvalue weighted by atomic mass is 32.1. The van der Waals surface area contributed by atoms with E-state index in [4.69, 9.17) is 4.98 Å². The van der Waals surface area contributed by atoms with Crippen LogP contribution in [-0.4, -0.2) is 46.0 Å². The van der Waals surface area contributed by atoms with Gasteiger partial charge in [0.15, 0.2) is 0 Å². The molecule has 1 aromatic carbocycles. The molecule has 0 bridgehead atoms. The Labute approximate surface area is 145 Å². The zero-order valence-corrected chi connectivity index (χ0v) is 14.2. The van der Waals surface area contributed by atoms with Gasteiger partial charge in [-0.15, -0.1) is 11.3 Å². The maximum Gasteiger partial charge on any atom is 0.147 e. The monoisotopic (exact) mass is 337 g/mol. The molecule has 0 amide bonds. The molecule has 2 aromatic heterocycles. The predicted molar refractivity (Wildman–Crippen MR) is 97.1 cm³/mol. The van der Waals surface area contributed by atoms with E-state index in [1.807, 2.05) is 12.3 Å². The van der Waals surface area contributed by atoms with E-state index in [0.29, 0.717) is 0 Å². The SMILES string of the molecule is c1ccc(-c2nc(CN3CCN(c4cnccn4)CC3)cs2)cc1. The van der Waals surface area contributed by atoms with Crippen molar-refractivity contribution in [1.82, 2.24) is 19.9 Å². The Morgan fingerprint density at radius 2 is 1.83 bits per heavy atom. The van der Waals surface area contributed by atoms with Gasteiger partial charge in [0.05, 0.1) is 11.9 Å². The number of nitrogens with zero attached hydrogens (tertiary/aromatic N) is 5. The van der Waals surface area contributed by atoms with Crippen LogP contribution in [0.1, 0.15) is 5.69 Å². The third kappa shape index (κ3) is 3.44. The summed E-state index contributed by atoms with van der Waals surface area (Å²) in [7, 11) is 0. The van der Waals surface area contributed by atoms with Crippen LogP contribution in [0.4, 0.5) is 5.82 Å². The van der Waals surface area contributed by atoms with Gasteiger partial charge in [-0.3, -0.25) is 9.88 Å². The highest BCUT2D eigenvalue weighted by molar-refractivity contribution is 7.13. The maximum absolute atomic E-state index is 4.79. The minimum Gasteiger partial charge on any atom is -0.353 e. The van der Waals surface area contributed by atoms with E-state index >= 15 is 0 Å². The lowest BCUT2D eigenvalue weighted by Crippen LogP contribution is -2.46. The molecule has 1 saturated heterocycles. The average molecular weight is 337 g/mol. The normalized spacial score (nSPS) is 15.6. The molecule has 0 atom stereocenters. The quantitative estimate of drug-likeness (QED) is 0.732. The van der Waals surface area contributed by atoms with Crippen molar-refractivity contribution in [3.8, 4) is 10.6 Å². The van der Waals surface area contributed by atoms with Gasteiger partial charge in [-0.2, -0.15) is 0 Å². The molecule has 4 rings (SSSR count). The molecule has 0 radical (unpaired) electrons. The summed E-state index contributed by atoms with van der Waals surface area (Å²) >= 11 is 1.72. The lowest BCUT2D eigenvalue weighted by atomic mass is 10.2. The number of thiazole rings is 1. The van der Waals surface area contributed by atoms with Crippen LogP contribution < -0.4 is 4.90 Å². The van der Waals surface area contributed by atoms with Crippen molar-refractivity contribution in [2.45, 2.75) is 6.54 Å². The van der Waals surface area contributed by atoms with Gasteiger partial charge in [0.25, 0.3) is 0 Å². The van der Waals surface area contributed by atoms with Gasteiger partial charge in [-0.1, -0.05) is 30.3 Å². The molecule has 0 aliphatic carbocycles. The number of piperazine rings is 1. The van der Waals surface area contributed by atoms with Crippen LogP contribution in [0, 0.1) is 0 Å². The van der Waals surface area contributed by atoms with Crippen LogP contribution >= 0.6 is 11.3 Å². The number of rotatable bonds is 4. The van der Waals surface area contributed by atoms with E-state index in [9.17, 15) is 0 Å². The maximum atomic E-state index is 4.79. The zero-order chi connectivity index (χ0) is 16.2. The minimum atomic E-state index is 0.914. The lowest BCUT2D eigenvalue weighted by molar-refractivity contribution is 0.247. The molecule has 122 valence electrons. The Bertz CT molecular complexity index is 766. The molecule has 1 aliphatic rings. The van der Waals surface area contributed by atoms with Gasteiger partial charge in [0.1, 0.15) is 10.8 Å². The van der Waals surface area contributed by atoms with E-state index in [1.165, 1.54) is 5.56 Å². The van der Waals surface area contributed by atoms with Gasteiger partial charge >= 0.3 is 0 Å². The molecule has 1 fully saturated rings. The van der Waals surface area contributed by atoms with Crippen LogP contribution in [0.5, 0.6) is 0 Å². The summed E-state index contributed by atoms with van der Waals surface area (Å²) in [5.41, 5.74) is 2.35. The van der Waals surface area contributed by atoms with Crippen molar-refractivity contribution in [1.29, 1.82) is 0 Å². The molecular formula is C18H19N5S. The molecule has 24 heavy (non-hydrogen) atoms. The third-order valence-corrected chi connectivity index (χ3v) is 5.14. The molecule has 0 spiro atoms. The standard InChI is InChI=1S/C18H19N5S/c1-2-4-15(5-3-1)18-21-16(14-24-18)13-22-8-10-23(11-9-22)17-12-19-6-7-20-17/h1-7,12,14H,8-11,13H2. The first-order chi connectivity index (χ1) is 11.9. The predicted octanol–water partition coefficient (Wildman–Crippen LogP) is 2.92. The molecular weight excluding hydrogens is 318 g/mol. The first-order valence-electron chi connectivity index (χ1n) is 8.11. The van der Waals surface area contributed by atoms with Gasteiger partial charge in [-0.25, -0.2) is 9.97 Å². The summed E-state index contributed by atoms with van der Waals surface area (Å²) in [6, 6.07) is 10.4.